The maximum absolute atomic E-state index is 10.2. The van der Waals surface area contributed by atoms with Crippen molar-refractivity contribution in [1.82, 2.24) is 5.06 Å². The van der Waals surface area contributed by atoms with E-state index >= 15 is 0 Å². The molecule has 0 aromatic carbocycles. The van der Waals surface area contributed by atoms with Crippen molar-refractivity contribution in [3.05, 3.63) is 11.6 Å². The third-order valence-corrected chi connectivity index (χ3v) is 3.95. The minimum Gasteiger partial charge on any atom is -0.381 e. The Morgan fingerprint density at radius 2 is 1.68 bits per heavy atom. The van der Waals surface area contributed by atoms with Gasteiger partial charge in [-0.2, -0.15) is 5.06 Å². The fourth-order valence-electron chi connectivity index (χ4n) is 2.62. The molecule has 0 bridgehead atoms. The van der Waals surface area contributed by atoms with Gasteiger partial charge in [-0.1, -0.05) is 33.8 Å². The Bertz CT molecular complexity index is 381. The summed E-state index contributed by atoms with van der Waals surface area (Å²) in [7, 11) is 0. The first-order chi connectivity index (χ1) is 9.84. The molecule has 0 spiro atoms. The van der Waals surface area contributed by atoms with E-state index in [0.717, 1.165) is 25.6 Å². The first-order valence-corrected chi connectivity index (χ1v) is 8.63. The molecule has 1 aliphatic carbocycles. The average molecular weight is 312 g/mol. The van der Waals surface area contributed by atoms with Crippen LogP contribution >= 0.6 is 0 Å². The number of nitrogens with zero attached hydrogens (tertiary/aromatic N) is 1. The normalized spacial score (nSPS) is 23.8. The van der Waals surface area contributed by atoms with Gasteiger partial charge in [0.15, 0.2) is 0 Å². The first-order valence-electron chi connectivity index (χ1n) is 8.63. The van der Waals surface area contributed by atoms with Crippen LogP contribution in [0.5, 0.6) is 0 Å². The standard InChI is InChI=1S/C14H25NO2.C5H12/c1-13(2)9-12(14(3,4)15(13)16)7-8-17-10-11-5-6-11;1-5(2,3)4/h9,11,16H,5-8,10H2,1-4H3;1-4H3. The number of hydrogen-bond acceptors (Lipinski definition) is 3. The Hall–Kier alpha value is -0.380. The van der Waals surface area contributed by atoms with Crippen molar-refractivity contribution in [3.63, 3.8) is 0 Å². The van der Waals surface area contributed by atoms with Crippen LogP contribution in [-0.4, -0.2) is 34.6 Å². The molecule has 2 aliphatic rings. The minimum atomic E-state index is -0.271. The summed E-state index contributed by atoms with van der Waals surface area (Å²) in [5, 5.41) is 11.6. The molecule has 3 nitrogen and oxygen atoms in total. The average Bonchev–Trinajstić information content (AvgIpc) is 3.10. The summed E-state index contributed by atoms with van der Waals surface area (Å²) in [6.45, 7) is 18.6. The summed E-state index contributed by atoms with van der Waals surface area (Å²) < 4.78 is 5.68. The van der Waals surface area contributed by atoms with Crippen molar-refractivity contribution in [3.8, 4) is 0 Å². The third kappa shape index (κ3) is 6.39. The van der Waals surface area contributed by atoms with Crippen molar-refractivity contribution in [2.45, 2.75) is 85.7 Å². The van der Waals surface area contributed by atoms with E-state index in [-0.39, 0.29) is 11.1 Å². The van der Waals surface area contributed by atoms with Crippen LogP contribution in [0.3, 0.4) is 0 Å². The lowest BCUT2D eigenvalue weighted by atomic mass is 9.94. The molecule has 0 amide bonds. The van der Waals surface area contributed by atoms with Gasteiger partial charge in [-0.3, -0.25) is 0 Å². The maximum atomic E-state index is 10.2. The van der Waals surface area contributed by atoms with Crippen LogP contribution in [0.25, 0.3) is 0 Å². The molecule has 2 rings (SSSR count). The van der Waals surface area contributed by atoms with Crippen LogP contribution in [-0.2, 0) is 4.74 Å². The molecule has 0 radical (unpaired) electrons. The molecule has 130 valence electrons. The second kappa shape index (κ2) is 7.02. The zero-order valence-electron chi connectivity index (χ0n) is 16.0. The highest BCUT2D eigenvalue weighted by atomic mass is 16.5. The van der Waals surface area contributed by atoms with E-state index in [4.69, 9.17) is 4.74 Å². The SMILES string of the molecule is CC(C)(C)C.CC1(C)C=C(CCOCC2CC2)C(C)(C)N1O. The van der Waals surface area contributed by atoms with Crippen molar-refractivity contribution < 1.29 is 9.94 Å². The van der Waals surface area contributed by atoms with Crippen LogP contribution in [0, 0.1) is 11.3 Å². The van der Waals surface area contributed by atoms with Crippen LogP contribution < -0.4 is 0 Å². The van der Waals surface area contributed by atoms with Gasteiger partial charge in [-0.05, 0) is 63.9 Å². The Morgan fingerprint density at radius 3 is 2.05 bits per heavy atom. The van der Waals surface area contributed by atoms with Gasteiger partial charge in [0, 0.05) is 6.61 Å². The van der Waals surface area contributed by atoms with Crippen molar-refractivity contribution in [2.24, 2.45) is 11.3 Å². The quantitative estimate of drug-likeness (QED) is 0.570. The molecule has 0 aromatic heterocycles. The van der Waals surface area contributed by atoms with Gasteiger partial charge in [-0.25, -0.2) is 0 Å². The van der Waals surface area contributed by atoms with E-state index in [0.29, 0.717) is 5.41 Å². The molecule has 1 saturated carbocycles. The van der Waals surface area contributed by atoms with Gasteiger partial charge in [0.05, 0.1) is 17.7 Å². The largest absolute Gasteiger partial charge is 0.381 e. The molecular formula is C19H37NO2. The Labute approximate surface area is 137 Å². The van der Waals surface area contributed by atoms with Gasteiger partial charge >= 0.3 is 0 Å². The summed E-state index contributed by atoms with van der Waals surface area (Å²) in [6.07, 6.45) is 5.77. The van der Waals surface area contributed by atoms with Crippen molar-refractivity contribution >= 4 is 0 Å². The van der Waals surface area contributed by atoms with E-state index in [1.165, 1.54) is 23.5 Å². The monoisotopic (exact) mass is 311 g/mol. The van der Waals surface area contributed by atoms with Crippen LogP contribution in [0.15, 0.2) is 11.6 Å². The predicted molar refractivity (Wildman–Crippen MR) is 93.2 cm³/mol. The molecule has 0 unspecified atom stereocenters. The second-order valence-electron chi connectivity index (χ2n) is 9.46. The summed E-state index contributed by atoms with van der Waals surface area (Å²) in [4.78, 5) is 0. The molecule has 22 heavy (non-hydrogen) atoms. The molecule has 1 N–H and O–H groups in total. The van der Waals surface area contributed by atoms with Crippen LogP contribution in [0.1, 0.15) is 74.7 Å². The number of hydroxylamine groups is 2. The maximum Gasteiger partial charge on any atom is 0.0623 e. The molecule has 3 heteroatoms. The summed E-state index contributed by atoms with van der Waals surface area (Å²) in [5.74, 6) is 0.825. The molecule has 0 atom stereocenters. The summed E-state index contributed by atoms with van der Waals surface area (Å²) in [5.41, 5.74) is 1.24. The summed E-state index contributed by atoms with van der Waals surface area (Å²) >= 11 is 0. The fourth-order valence-corrected chi connectivity index (χ4v) is 2.62. The summed E-state index contributed by atoms with van der Waals surface area (Å²) in [6, 6.07) is 0. The second-order valence-corrected chi connectivity index (χ2v) is 9.46. The van der Waals surface area contributed by atoms with Gasteiger partial charge in [0.1, 0.15) is 0 Å². The zero-order valence-corrected chi connectivity index (χ0v) is 16.0. The van der Waals surface area contributed by atoms with Crippen molar-refractivity contribution in [2.75, 3.05) is 13.2 Å². The topological polar surface area (TPSA) is 32.7 Å². The fraction of sp³-hybridized carbons (Fsp3) is 0.895. The smallest absolute Gasteiger partial charge is 0.0623 e. The highest BCUT2D eigenvalue weighted by Gasteiger charge is 2.44. The highest BCUT2D eigenvalue weighted by molar-refractivity contribution is 5.29. The number of ether oxygens (including phenoxy) is 1. The van der Waals surface area contributed by atoms with Crippen molar-refractivity contribution in [1.29, 1.82) is 0 Å². The number of hydrogen-bond donors (Lipinski definition) is 1. The van der Waals surface area contributed by atoms with Gasteiger partial charge < -0.3 is 9.94 Å². The van der Waals surface area contributed by atoms with Crippen LogP contribution in [0.4, 0.5) is 0 Å². The molecule has 0 saturated heterocycles. The van der Waals surface area contributed by atoms with Gasteiger partial charge in [0.25, 0.3) is 0 Å². The van der Waals surface area contributed by atoms with E-state index in [2.05, 4.69) is 47.6 Å². The lowest BCUT2D eigenvalue weighted by Crippen LogP contribution is -2.47. The lowest BCUT2D eigenvalue weighted by Gasteiger charge is -2.36. The Morgan fingerprint density at radius 1 is 1.18 bits per heavy atom. The number of rotatable bonds is 5. The highest BCUT2D eigenvalue weighted by Crippen LogP contribution is 2.39. The lowest BCUT2D eigenvalue weighted by molar-refractivity contribution is -0.185. The predicted octanol–water partition coefficient (Wildman–Crippen LogP) is 5.04. The first kappa shape index (κ1) is 19.7. The third-order valence-electron chi connectivity index (χ3n) is 3.95. The van der Waals surface area contributed by atoms with Gasteiger partial charge in [0.2, 0.25) is 0 Å². The van der Waals surface area contributed by atoms with Crippen LogP contribution in [0.2, 0.25) is 0 Å². The molecule has 0 aromatic rings. The Balaban J connectivity index is 0.000000422. The van der Waals surface area contributed by atoms with E-state index in [1.807, 2.05) is 13.8 Å². The molecule has 1 aliphatic heterocycles. The van der Waals surface area contributed by atoms with E-state index in [1.54, 1.807) is 0 Å². The molecular weight excluding hydrogens is 274 g/mol. The molecule has 1 fully saturated rings. The van der Waals surface area contributed by atoms with E-state index in [9.17, 15) is 5.21 Å². The Kier molecular flexibility index (Phi) is 6.28. The minimum absolute atomic E-state index is 0.269. The van der Waals surface area contributed by atoms with E-state index < -0.39 is 0 Å². The molecule has 1 heterocycles. The van der Waals surface area contributed by atoms with Gasteiger partial charge in [-0.15, -0.1) is 0 Å². The zero-order chi connectivity index (χ0) is 17.2.